The molecule has 2 N–H and O–H groups in total. The molecular weight excluding hydrogens is 391 g/mol. The zero-order valence-corrected chi connectivity index (χ0v) is 15.8. The number of benzene rings is 2. The molecule has 0 saturated heterocycles. The monoisotopic (exact) mass is 406 g/mol. The Labute approximate surface area is 159 Å². The van der Waals surface area contributed by atoms with Crippen LogP contribution in [0.1, 0.15) is 16.7 Å². The molecule has 1 heterocycles. The summed E-state index contributed by atoms with van der Waals surface area (Å²) in [5.74, 6) is -0.939. The van der Waals surface area contributed by atoms with Crippen LogP contribution in [0.15, 0.2) is 53.4 Å². The number of aromatic nitrogens is 1. The van der Waals surface area contributed by atoms with Crippen molar-refractivity contribution in [1.82, 2.24) is 4.98 Å². The molecule has 9 heteroatoms. The van der Waals surface area contributed by atoms with Gasteiger partial charge in [-0.15, -0.1) is 11.3 Å². The molecule has 0 spiro atoms. The van der Waals surface area contributed by atoms with Crippen molar-refractivity contribution in [1.29, 1.82) is 0 Å². The third kappa shape index (κ3) is 4.21. The van der Waals surface area contributed by atoms with Gasteiger partial charge in [-0.2, -0.15) is 0 Å². The molecule has 3 aromatic rings. The van der Waals surface area contributed by atoms with Gasteiger partial charge in [-0.1, -0.05) is 24.3 Å². The maximum atomic E-state index is 13.3. The number of nitrogens with zero attached hydrogens (tertiary/aromatic N) is 1. The number of sulfonamides is 1. The van der Waals surface area contributed by atoms with E-state index in [9.17, 15) is 17.6 Å². The number of hydrogen-bond acceptors (Lipinski definition) is 6. The second-order valence-corrected chi connectivity index (χ2v) is 8.05. The van der Waals surface area contributed by atoms with Gasteiger partial charge in [0.25, 0.3) is 0 Å². The summed E-state index contributed by atoms with van der Waals surface area (Å²) in [7, 11) is -3.82. The van der Waals surface area contributed by atoms with E-state index in [1.807, 2.05) is 0 Å². The zero-order valence-electron chi connectivity index (χ0n) is 14.2. The normalized spacial score (nSPS) is 11.4. The van der Waals surface area contributed by atoms with Crippen molar-refractivity contribution in [3.05, 3.63) is 59.4 Å². The molecule has 0 amide bonds. The molecule has 1 aromatic heterocycles. The minimum atomic E-state index is -3.82. The molecule has 2 aromatic carbocycles. The minimum Gasteiger partial charge on any atom is -0.461 e. The van der Waals surface area contributed by atoms with Crippen LogP contribution in [-0.2, 0) is 14.8 Å². The van der Waals surface area contributed by atoms with E-state index in [4.69, 9.17) is 9.88 Å². The lowest BCUT2D eigenvalue weighted by atomic mass is 10.1. The average molecular weight is 406 g/mol. The highest BCUT2D eigenvalue weighted by Gasteiger charge is 2.20. The number of hydrogen-bond donors (Lipinski definition) is 1. The van der Waals surface area contributed by atoms with Crippen molar-refractivity contribution in [3.63, 3.8) is 0 Å². The summed E-state index contributed by atoms with van der Waals surface area (Å²) in [4.78, 5) is 17.0. The summed E-state index contributed by atoms with van der Waals surface area (Å²) in [6, 6.07) is 11.6. The Bertz CT molecular complexity index is 1080. The molecule has 0 bridgehead atoms. The number of halogens is 1. The summed E-state index contributed by atoms with van der Waals surface area (Å²) in [5.41, 5.74) is 1.74. The Kier molecular flexibility index (Phi) is 5.36. The number of ether oxygens (including phenoxy) is 1. The Morgan fingerprint density at radius 2 is 1.70 bits per heavy atom. The molecule has 6 nitrogen and oxygen atoms in total. The molecular formula is C18H15FN2O4S2. The van der Waals surface area contributed by atoms with Gasteiger partial charge in [-0.05, 0) is 36.8 Å². The molecule has 0 aliphatic rings. The van der Waals surface area contributed by atoms with E-state index >= 15 is 0 Å². The van der Waals surface area contributed by atoms with Crippen molar-refractivity contribution in [2.45, 2.75) is 11.8 Å². The van der Waals surface area contributed by atoms with Gasteiger partial charge in [0, 0.05) is 5.56 Å². The first-order chi connectivity index (χ1) is 12.8. The minimum absolute atomic E-state index is 0.0320. The van der Waals surface area contributed by atoms with E-state index in [1.54, 1.807) is 31.2 Å². The first-order valence-electron chi connectivity index (χ1n) is 7.86. The summed E-state index contributed by atoms with van der Waals surface area (Å²) in [5, 5.41) is 5.27. The van der Waals surface area contributed by atoms with E-state index in [0.29, 0.717) is 21.7 Å². The largest absolute Gasteiger partial charge is 0.461 e. The van der Waals surface area contributed by atoms with Crippen molar-refractivity contribution >= 4 is 27.3 Å². The van der Waals surface area contributed by atoms with Gasteiger partial charge < -0.3 is 4.74 Å². The molecule has 0 saturated carbocycles. The maximum Gasteiger partial charge on any atom is 0.367 e. The van der Waals surface area contributed by atoms with Crippen LogP contribution >= 0.6 is 11.3 Å². The fourth-order valence-corrected chi connectivity index (χ4v) is 3.90. The quantitative estimate of drug-likeness (QED) is 0.655. The predicted molar refractivity (Wildman–Crippen MR) is 100 cm³/mol. The first-order valence-corrected chi connectivity index (χ1v) is 10.2. The van der Waals surface area contributed by atoms with E-state index in [-0.39, 0.29) is 22.3 Å². The highest BCUT2D eigenvalue weighted by Crippen LogP contribution is 2.37. The van der Waals surface area contributed by atoms with Crippen molar-refractivity contribution < 1.29 is 22.3 Å². The van der Waals surface area contributed by atoms with Crippen LogP contribution in [0.4, 0.5) is 4.39 Å². The molecule has 140 valence electrons. The first kappa shape index (κ1) is 19.2. The maximum absolute atomic E-state index is 13.3. The standard InChI is InChI=1S/C18H15FN2O4S2/c1-2-25-18(22)17-21-15(11-5-9-14(10-6-11)27(20,23)24)16(26-17)12-3-7-13(19)8-4-12/h3-10H,2H2,1H3,(H2,20,23,24). The van der Waals surface area contributed by atoms with Gasteiger partial charge in [0.1, 0.15) is 5.82 Å². The molecule has 0 fully saturated rings. The van der Waals surface area contributed by atoms with Crippen LogP contribution in [0.25, 0.3) is 21.7 Å². The van der Waals surface area contributed by atoms with Crippen molar-refractivity contribution in [2.75, 3.05) is 6.61 Å². The van der Waals surface area contributed by atoms with Crippen LogP contribution in [0, 0.1) is 5.82 Å². The molecule has 0 aliphatic carbocycles. The summed E-state index contributed by atoms with van der Waals surface area (Å²) >= 11 is 1.12. The second-order valence-electron chi connectivity index (χ2n) is 5.49. The number of carbonyl (C=O) groups excluding carboxylic acids is 1. The number of primary sulfonamides is 1. The zero-order chi connectivity index (χ0) is 19.6. The highest BCUT2D eigenvalue weighted by atomic mass is 32.2. The SMILES string of the molecule is CCOC(=O)c1nc(-c2ccc(S(N)(=O)=O)cc2)c(-c2ccc(F)cc2)s1. The lowest BCUT2D eigenvalue weighted by Gasteiger charge is -2.04. The third-order valence-electron chi connectivity index (χ3n) is 3.64. The van der Waals surface area contributed by atoms with Gasteiger partial charge >= 0.3 is 5.97 Å². The van der Waals surface area contributed by atoms with E-state index in [2.05, 4.69) is 4.98 Å². The van der Waals surface area contributed by atoms with Crippen LogP contribution in [0.2, 0.25) is 0 Å². The smallest absolute Gasteiger partial charge is 0.367 e. The van der Waals surface area contributed by atoms with Crippen molar-refractivity contribution in [2.24, 2.45) is 5.14 Å². The molecule has 0 radical (unpaired) electrons. The van der Waals surface area contributed by atoms with Gasteiger partial charge in [0.2, 0.25) is 15.0 Å². The molecule has 3 rings (SSSR count). The third-order valence-corrected chi connectivity index (χ3v) is 5.65. The summed E-state index contributed by atoms with van der Waals surface area (Å²) in [6.45, 7) is 1.90. The number of thiazole rings is 1. The number of carbonyl (C=O) groups is 1. The molecule has 0 atom stereocenters. The van der Waals surface area contributed by atoms with Crippen LogP contribution in [0.5, 0.6) is 0 Å². The number of rotatable bonds is 5. The predicted octanol–water partition coefficient (Wildman–Crippen LogP) is 3.44. The van der Waals surface area contributed by atoms with Crippen LogP contribution in [0.3, 0.4) is 0 Å². The van der Waals surface area contributed by atoms with E-state index in [0.717, 1.165) is 11.3 Å². The Morgan fingerprint density at radius 1 is 1.11 bits per heavy atom. The molecule has 27 heavy (non-hydrogen) atoms. The number of esters is 1. The Balaban J connectivity index is 2.12. The van der Waals surface area contributed by atoms with Gasteiger partial charge in [-0.25, -0.2) is 27.7 Å². The fourth-order valence-electron chi connectivity index (χ4n) is 2.40. The molecule has 0 aliphatic heterocycles. The summed E-state index contributed by atoms with van der Waals surface area (Å²) < 4.78 is 41.1. The second kappa shape index (κ2) is 7.55. The van der Waals surface area contributed by atoms with E-state index < -0.39 is 16.0 Å². The molecule has 0 unspecified atom stereocenters. The highest BCUT2D eigenvalue weighted by molar-refractivity contribution is 7.89. The Hall–Kier alpha value is -2.62. The van der Waals surface area contributed by atoms with Gasteiger partial charge in [-0.3, -0.25) is 0 Å². The van der Waals surface area contributed by atoms with Crippen molar-refractivity contribution in [3.8, 4) is 21.7 Å². The average Bonchev–Trinajstić information content (AvgIpc) is 3.07. The van der Waals surface area contributed by atoms with Gasteiger partial charge in [0.15, 0.2) is 0 Å². The summed E-state index contributed by atoms with van der Waals surface area (Å²) in [6.07, 6.45) is 0. The lowest BCUT2D eigenvalue weighted by molar-refractivity contribution is 0.0526. The lowest BCUT2D eigenvalue weighted by Crippen LogP contribution is -2.11. The van der Waals surface area contributed by atoms with Gasteiger partial charge in [0.05, 0.1) is 22.1 Å². The van der Waals surface area contributed by atoms with Crippen LogP contribution in [-0.4, -0.2) is 26.0 Å². The number of nitrogens with two attached hydrogens (primary N) is 1. The topological polar surface area (TPSA) is 99.3 Å². The fraction of sp³-hybridized carbons (Fsp3) is 0.111. The van der Waals surface area contributed by atoms with E-state index in [1.165, 1.54) is 24.3 Å². The Morgan fingerprint density at radius 3 is 2.26 bits per heavy atom. The van der Waals surface area contributed by atoms with Crippen LogP contribution < -0.4 is 5.14 Å².